The zero-order valence-electron chi connectivity index (χ0n) is 16.4. The number of ether oxygens (including phenoxy) is 1. The van der Waals surface area contributed by atoms with E-state index in [0.29, 0.717) is 23.1 Å². The van der Waals surface area contributed by atoms with Gasteiger partial charge in [-0.15, -0.1) is 0 Å². The number of alkyl halides is 2. The maximum atomic E-state index is 15.2. The lowest BCUT2D eigenvalue weighted by atomic mass is 9.94. The highest BCUT2D eigenvalue weighted by atomic mass is 32.2. The van der Waals surface area contributed by atoms with Gasteiger partial charge >= 0.3 is 11.2 Å². The first-order valence-electron chi connectivity index (χ1n) is 9.97. The molecule has 0 amide bonds. The molecular formula is C25H22F2O2S. The minimum atomic E-state index is -3.21. The number of allylic oxidation sites excluding steroid dienone is 1. The molecule has 4 rings (SSSR count). The van der Waals surface area contributed by atoms with E-state index in [0.717, 1.165) is 16.3 Å². The summed E-state index contributed by atoms with van der Waals surface area (Å²) in [6.45, 7) is 0. The molecule has 1 unspecified atom stereocenters. The second kappa shape index (κ2) is 8.60. The molecule has 30 heavy (non-hydrogen) atoms. The molecule has 1 aliphatic heterocycles. The third-order valence-corrected chi connectivity index (χ3v) is 6.50. The molecule has 3 aromatic rings. The van der Waals surface area contributed by atoms with Gasteiger partial charge < -0.3 is 4.74 Å². The van der Waals surface area contributed by atoms with Gasteiger partial charge in [-0.3, -0.25) is 4.79 Å². The molecule has 1 saturated heterocycles. The zero-order valence-corrected chi connectivity index (χ0v) is 17.2. The number of hydrogen-bond acceptors (Lipinski definition) is 3. The van der Waals surface area contributed by atoms with Gasteiger partial charge in [0.2, 0.25) is 0 Å². The second-order valence-corrected chi connectivity index (χ2v) is 8.64. The number of cyclic esters (lactones) is 1. The number of benzene rings is 3. The Labute approximate surface area is 178 Å². The summed E-state index contributed by atoms with van der Waals surface area (Å²) in [6, 6.07) is 22.7. The van der Waals surface area contributed by atoms with Crippen molar-refractivity contribution < 1.29 is 18.3 Å². The molecule has 5 heteroatoms. The molecule has 0 aromatic heterocycles. The third kappa shape index (κ3) is 4.41. The van der Waals surface area contributed by atoms with Gasteiger partial charge in [0.05, 0.1) is 0 Å². The fourth-order valence-corrected chi connectivity index (χ4v) is 4.75. The van der Waals surface area contributed by atoms with Gasteiger partial charge in [-0.25, -0.2) is 0 Å². The molecule has 0 spiro atoms. The average Bonchev–Trinajstić information content (AvgIpc) is 3.14. The van der Waals surface area contributed by atoms with Crippen molar-refractivity contribution in [3.8, 4) is 0 Å². The van der Waals surface area contributed by atoms with Crippen molar-refractivity contribution >= 4 is 34.6 Å². The Kier molecular flexibility index (Phi) is 5.91. The molecule has 1 aliphatic rings. The summed E-state index contributed by atoms with van der Waals surface area (Å²) in [4.78, 5) is 12.2. The highest BCUT2D eigenvalue weighted by Crippen LogP contribution is 2.52. The highest BCUT2D eigenvalue weighted by Gasteiger charge is 2.59. The summed E-state index contributed by atoms with van der Waals surface area (Å²) < 4.78 is 35.7. The van der Waals surface area contributed by atoms with Crippen molar-refractivity contribution in [1.82, 2.24) is 0 Å². The summed E-state index contributed by atoms with van der Waals surface area (Å²) in [5.74, 6) is -0.554. The summed E-state index contributed by atoms with van der Waals surface area (Å²) in [5.41, 5.74) is -0.769. The molecule has 0 N–H and O–H groups in total. The average molecular weight is 425 g/mol. The molecule has 0 saturated carbocycles. The van der Waals surface area contributed by atoms with Gasteiger partial charge in [0, 0.05) is 17.7 Å². The maximum absolute atomic E-state index is 15.2. The first-order valence-corrected chi connectivity index (χ1v) is 10.8. The van der Waals surface area contributed by atoms with E-state index in [2.05, 4.69) is 6.07 Å². The number of halogens is 2. The lowest BCUT2D eigenvalue weighted by Crippen LogP contribution is -2.45. The van der Waals surface area contributed by atoms with E-state index in [1.165, 1.54) is 0 Å². The van der Waals surface area contributed by atoms with Crippen LogP contribution in [0.1, 0.15) is 31.2 Å². The van der Waals surface area contributed by atoms with Gasteiger partial charge in [0.15, 0.2) is 5.60 Å². The first kappa shape index (κ1) is 20.6. The van der Waals surface area contributed by atoms with Crippen molar-refractivity contribution in [1.29, 1.82) is 0 Å². The lowest BCUT2D eigenvalue weighted by Gasteiger charge is -2.34. The van der Waals surface area contributed by atoms with E-state index in [-0.39, 0.29) is 19.3 Å². The quantitative estimate of drug-likeness (QED) is 0.299. The molecule has 154 valence electrons. The van der Waals surface area contributed by atoms with Gasteiger partial charge in [0.25, 0.3) is 0 Å². The maximum Gasteiger partial charge on any atom is 0.337 e. The Morgan fingerprint density at radius 3 is 2.47 bits per heavy atom. The van der Waals surface area contributed by atoms with Crippen LogP contribution in [0, 0.1) is 0 Å². The minimum Gasteiger partial charge on any atom is -0.452 e. The zero-order chi connectivity index (χ0) is 21.0. The smallest absolute Gasteiger partial charge is 0.337 e. The Morgan fingerprint density at radius 2 is 1.73 bits per heavy atom. The number of rotatable bonds is 7. The van der Waals surface area contributed by atoms with Crippen molar-refractivity contribution in [3.63, 3.8) is 0 Å². The Balaban J connectivity index is 1.47. The predicted molar refractivity (Wildman–Crippen MR) is 118 cm³/mol. The predicted octanol–water partition coefficient (Wildman–Crippen LogP) is 7.09. The lowest BCUT2D eigenvalue weighted by molar-refractivity contribution is -0.170. The molecule has 1 fully saturated rings. The standard InChI is InChI=1S/C25H22F2O2S/c26-25(27,30-22-11-2-1-3-12-22)24(17-15-23(28)29-24)16-7-6-8-19-13-14-20-9-4-5-10-21(20)18-19/h1-6,8-14,18H,7,15-17H2/b8-6+. The number of carbonyl (C=O) groups is 1. The topological polar surface area (TPSA) is 26.3 Å². The van der Waals surface area contributed by atoms with Gasteiger partial charge in [0.1, 0.15) is 0 Å². The van der Waals surface area contributed by atoms with Crippen LogP contribution in [-0.4, -0.2) is 16.8 Å². The second-order valence-electron chi connectivity index (χ2n) is 7.45. The van der Waals surface area contributed by atoms with E-state index in [9.17, 15) is 4.79 Å². The summed E-state index contributed by atoms with van der Waals surface area (Å²) in [5, 5.41) is -0.923. The summed E-state index contributed by atoms with van der Waals surface area (Å²) in [6.07, 6.45) is 4.34. The SMILES string of the molecule is O=C1CCC(CC/C=C/c2ccc3ccccc3c2)(C(F)(F)Sc2ccccc2)O1. The molecule has 0 aliphatic carbocycles. The van der Waals surface area contributed by atoms with Crippen LogP contribution in [0.25, 0.3) is 16.8 Å². The van der Waals surface area contributed by atoms with Crippen molar-refractivity contribution in [3.05, 3.63) is 84.4 Å². The fraction of sp³-hybridized carbons (Fsp3) is 0.240. The van der Waals surface area contributed by atoms with Crippen molar-refractivity contribution in [2.24, 2.45) is 0 Å². The van der Waals surface area contributed by atoms with E-state index in [4.69, 9.17) is 4.74 Å². The number of fused-ring (bicyclic) bond motifs is 1. The number of thioether (sulfide) groups is 1. The van der Waals surface area contributed by atoms with E-state index < -0.39 is 16.8 Å². The van der Waals surface area contributed by atoms with Crippen LogP contribution in [0.15, 0.2) is 83.8 Å². The van der Waals surface area contributed by atoms with Crippen LogP contribution in [0.2, 0.25) is 0 Å². The normalized spacial score (nSPS) is 19.5. The molecule has 0 radical (unpaired) electrons. The molecular weight excluding hydrogens is 402 g/mol. The highest BCUT2D eigenvalue weighted by molar-refractivity contribution is 8.00. The van der Waals surface area contributed by atoms with Crippen molar-refractivity contribution in [2.75, 3.05) is 0 Å². The van der Waals surface area contributed by atoms with Crippen LogP contribution >= 0.6 is 11.8 Å². The van der Waals surface area contributed by atoms with Crippen LogP contribution in [0.3, 0.4) is 0 Å². The molecule has 3 aromatic carbocycles. The van der Waals surface area contributed by atoms with Crippen LogP contribution < -0.4 is 0 Å². The number of carbonyl (C=O) groups excluding carboxylic acids is 1. The van der Waals surface area contributed by atoms with E-state index >= 15 is 8.78 Å². The molecule has 0 bridgehead atoms. The molecule has 1 atom stereocenters. The summed E-state index contributed by atoms with van der Waals surface area (Å²) in [7, 11) is 0. The Hall–Kier alpha value is -2.66. The number of esters is 1. The van der Waals surface area contributed by atoms with E-state index in [1.807, 2.05) is 48.6 Å². The third-order valence-electron chi connectivity index (χ3n) is 5.36. The molecule has 1 heterocycles. The monoisotopic (exact) mass is 424 g/mol. The Bertz CT molecular complexity index is 1060. The van der Waals surface area contributed by atoms with Crippen LogP contribution in [0.5, 0.6) is 0 Å². The fourth-order valence-electron chi connectivity index (χ4n) is 3.73. The van der Waals surface area contributed by atoms with Gasteiger partial charge in [-0.05, 0) is 59.1 Å². The summed E-state index contributed by atoms with van der Waals surface area (Å²) >= 11 is 0.465. The number of hydrogen-bond donors (Lipinski definition) is 0. The first-order chi connectivity index (χ1) is 14.5. The van der Waals surface area contributed by atoms with Crippen LogP contribution in [-0.2, 0) is 9.53 Å². The molecule has 2 nitrogen and oxygen atoms in total. The van der Waals surface area contributed by atoms with E-state index in [1.54, 1.807) is 30.3 Å². The Morgan fingerprint density at radius 1 is 1.00 bits per heavy atom. The largest absolute Gasteiger partial charge is 0.452 e. The minimum absolute atomic E-state index is 0.0271. The van der Waals surface area contributed by atoms with Gasteiger partial charge in [-0.1, -0.05) is 66.7 Å². The van der Waals surface area contributed by atoms with Crippen LogP contribution in [0.4, 0.5) is 8.78 Å². The van der Waals surface area contributed by atoms with Crippen molar-refractivity contribution in [2.45, 2.75) is 41.4 Å². The van der Waals surface area contributed by atoms with Gasteiger partial charge in [-0.2, -0.15) is 8.78 Å².